The minimum Gasteiger partial charge on any atom is -0.224 e. The van der Waals surface area contributed by atoms with E-state index in [9.17, 15) is 16.8 Å². The van der Waals surface area contributed by atoms with E-state index in [-0.39, 0.29) is 21.3 Å². The molecule has 2 heterocycles. The van der Waals surface area contributed by atoms with E-state index in [1.807, 2.05) is 60.7 Å². The van der Waals surface area contributed by atoms with Crippen LogP contribution in [0.2, 0.25) is 0 Å². The van der Waals surface area contributed by atoms with Gasteiger partial charge in [0.15, 0.2) is 19.7 Å². The molecule has 8 rings (SSSR count). The highest BCUT2D eigenvalue weighted by Crippen LogP contribution is 2.52. The summed E-state index contributed by atoms with van der Waals surface area (Å²) in [7, 11) is -7.64. The van der Waals surface area contributed by atoms with E-state index in [0.29, 0.717) is 22.6 Å². The van der Waals surface area contributed by atoms with Crippen molar-refractivity contribution in [3.63, 3.8) is 0 Å². The lowest BCUT2D eigenvalue weighted by Crippen LogP contribution is -2.09. The molecule has 60 heavy (non-hydrogen) atoms. The van der Waals surface area contributed by atoms with Crippen LogP contribution in [0.1, 0.15) is 90.9 Å². The van der Waals surface area contributed by atoms with E-state index in [1.165, 1.54) is 22.7 Å². The highest BCUT2D eigenvalue weighted by molar-refractivity contribution is 7.92. The van der Waals surface area contributed by atoms with Crippen LogP contribution in [0.3, 0.4) is 0 Å². The maximum absolute atomic E-state index is 14.8. The molecule has 4 nitrogen and oxygen atoms in total. The molecular formula is C52H54O4S4. The predicted octanol–water partition coefficient (Wildman–Crippen LogP) is 15.7. The minimum atomic E-state index is -3.82. The van der Waals surface area contributed by atoms with E-state index in [2.05, 4.69) is 74.5 Å². The number of rotatable bonds is 19. The fourth-order valence-electron chi connectivity index (χ4n) is 8.70. The van der Waals surface area contributed by atoms with E-state index in [0.717, 1.165) is 128 Å². The third kappa shape index (κ3) is 8.85. The molecule has 0 saturated carbocycles. The average Bonchev–Trinajstić information content (AvgIpc) is 3.91. The smallest absolute Gasteiger partial charge is 0.179 e. The predicted molar refractivity (Wildman–Crippen MR) is 259 cm³/mol. The van der Waals surface area contributed by atoms with Gasteiger partial charge < -0.3 is 0 Å². The quantitative estimate of drug-likeness (QED) is 0.0600. The van der Waals surface area contributed by atoms with Crippen molar-refractivity contribution < 1.29 is 16.8 Å². The maximum atomic E-state index is 14.8. The molecule has 0 radical (unpaired) electrons. The highest BCUT2D eigenvalue weighted by Gasteiger charge is 2.32. The molecule has 0 fully saturated rings. The van der Waals surface area contributed by atoms with Crippen molar-refractivity contribution in [2.75, 3.05) is 11.5 Å². The Morgan fingerprint density at radius 1 is 0.383 bits per heavy atom. The molecule has 0 bridgehead atoms. The van der Waals surface area contributed by atoms with Gasteiger partial charge >= 0.3 is 0 Å². The van der Waals surface area contributed by atoms with Gasteiger partial charge in [-0.2, -0.15) is 0 Å². The number of fused-ring (bicyclic) bond motifs is 4. The van der Waals surface area contributed by atoms with Crippen molar-refractivity contribution >= 4 is 85.4 Å². The Bertz CT molecular complexity index is 2700. The molecule has 0 spiro atoms. The normalized spacial score (nSPS) is 12.4. The van der Waals surface area contributed by atoms with Crippen LogP contribution < -0.4 is 0 Å². The lowest BCUT2D eigenvalue weighted by atomic mass is 9.96. The Morgan fingerprint density at radius 2 is 0.683 bits per heavy atom. The number of hydrogen-bond acceptors (Lipinski definition) is 6. The number of thiophene rings is 2. The Balaban J connectivity index is 1.36. The van der Waals surface area contributed by atoms with Gasteiger partial charge in [0.05, 0.1) is 31.1 Å². The van der Waals surface area contributed by atoms with Gasteiger partial charge in [-0.05, 0) is 80.2 Å². The van der Waals surface area contributed by atoms with Crippen LogP contribution in [0.25, 0.3) is 73.7 Å². The van der Waals surface area contributed by atoms with Gasteiger partial charge in [-0.3, -0.25) is 0 Å². The molecule has 0 amide bonds. The molecule has 0 saturated heterocycles. The van der Waals surface area contributed by atoms with E-state index < -0.39 is 19.7 Å². The SMILES string of the molecule is CCCCCCCCS(=O)(=O)c1cc(-c2c3ccccc3cc3ccccc23)sc1-c1sc(-c2c3ccccc3cc3ccccc23)cc1S(=O)(=O)CCCCCCCC. The van der Waals surface area contributed by atoms with Crippen LogP contribution >= 0.6 is 22.7 Å². The summed E-state index contributed by atoms with van der Waals surface area (Å²) < 4.78 is 59.3. The van der Waals surface area contributed by atoms with Crippen LogP contribution in [0.5, 0.6) is 0 Å². The second-order valence-electron chi connectivity index (χ2n) is 16.2. The van der Waals surface area contributed by atoms with Gasteiger partial charge in [0.2, 0.25) is 0 Å². The molecular weight excluding hydrogens is 817 g/mol. The Labute approximate surface area is 364 Å². The summed E-state index contributed by atoms with van der Waals surface area (Å²) >= 11 is 2.85. The zero-order valence-electron chi connectivity index (χ0n) is 34.7. The van der Waals surface area contributed by atoms with E-state index >= 15 is 0 Å². The lowest BCUT2D eigenvalue weighted by molar-refractivity contribution is 0.582. The fourth-order valence-corrected chi connectivity index (χ4v) is 15.4. The number of unbranched alkanes of at least 4 members (excludes halogenated alkanes) is 10. The van der Waals surface area contributed by atoms with E-state index in [1.54, 1.807) is 0 Å². The van der Waals surface area contributed by atoms with Crippen molar-refractivity contribution in [1.29, 1.82) is 0 Å². The van der Waals surface area contributed by atoms with Crippen LogP contribution in [-0.4, -0.2) is 28.3 Å². The second kappa shape index (κ2) is 18.7. The second-order valence-corrected chi connectivity index (χ2v) is 22.4. The van der Waals surface area contributed by atoms with Crippen molar-refractivity contribution in [1.82, 2.24) is 0 Å². The molecule has 8 heteroatoms. The van der Waals surface area contributed by atoms with Crippen molar-refractivity contribution in [2.24, 2.45) is 0 Å². The Hall–Kier alpha value is -4.34. The fraction of sp³-hybridized carbons (Fsp3) is 0.308. The Kier molecular flexibility index (Phi) is 13.2. The van der Waals surface area contributed by atoms with Gasteiger partial charge in [0.25, 0.3) is 0 Å². The summed E-state index contributed by atoms with van der Waals surface area (Å²) in [4.78, 5) is 3.17. The molecule has 310 valence electrons. The van der Waals surface area contributed by atoms with Gasteiger partial charge in [0, 0.05) is 20.9 Å². The average molecular weight is 871 g/mol. The molecule has 0 aliphatic carbocycles. The number of hydrogen-bond donors (Lipinski definition) is 0. The van der Waals surface area contributed by atoms with Gasteiger partial charge in [-0.1, -0.05) is 175 Å². The summed E-state index contributed by atoms with van der Waals surface area (Å²) in [5.41, 5.74) is 1.95. The number of sulfone groups is 2. The first-order valence-corrected chi connectivity index (χ1v) is 26.7. The van der Waals surface area contributed by atoms with E-state index in [4.69, 9.17) is 0 Å². The summed E-state index contributed by atoms with van der Waals surface area (Å²) in [6, 6.07) is 41.1. The summed E-state index contributed by atoms with van der Waals surface area (Å²) in [6.45, 7) is 4.36. The van der Waals surface area contributed by atoms with Crippen molar-refractivity contribution in [3.05, 3.63) is 121 Å². The zero-order valence-corrected chi connectivity index (χ0v) is 38.0. The lowest BCUT2D eigenvalue weighted by Gasteiger charge is -2.10. The number of benzene rings is 6. The molecule has 8 aromatic rings. The maximum Gasteiger partial charge on any atom is 0.179 e. The first-order chi connectivity index (χ1) is 29.2. The third-order valence-electron chi connectivity index (χ3n) is 11.8. The molecule has 0 atom stereocenters. The van der Waals surface area contributed by atoms with Gasteiger partial charge in [-0.25, -0.2) is 16.8 Å². The van der Waals surface area contributed by atoms with Crippen LogP contribution in [0.4, 0.5) is 0 Å². The standard InChI is InChI=1S/C52H54O4S4/c1-3-5-7-9-11-21-31-59(53,54)47-35-45(49-41-27-17-13-23-37(41)33-38-24-14-18-28-42(38)49)57-51(47)52-48(60(55,56)32-22-12-10-8-6-4-2)36-46(58-52)50-43-29-19-15-25-39(43)34-40-26-16-20-30-44(40)50/h13-20,23-30,33-36H,3-12,21-22,31-32H2,1-2H3. The molecule has 0 aliphatic rings. The summed E-state index contributed by atoms with van der Waals surface area (Å²) in [6.07, 6.45) is 11.6. The highest BCUT2D eigenvalue weighted by atomic mass is 32.2. The minimum absolute atomic E-state index is 0.0185. The summed E-state index contributed by atoms with van der Waals surface area (Å²) in [5, 5.41) is 8.43. The van der Waals surface area contributed by atoms with Gasteiger partial charge in [-0.15, -0.1) is 22.7 Å². The monoisotopic (exact) mass is 870 g/mol. The van der Waals surface area contributed by atoms with Gasteiger partial charge in [0.1, 0.15) is 0 Å². The first kappa shape index (κ1) is 42.4. The third-order valence-corrected chi connectivity index (χ3v) is 18.2. The van der Waals surface area contributed by atoms with Crippen LogP contribution in [0.15, 0.2) is 131 Å². The van der Waals surface area contributed by atoms with Crippen LogP contribution in [0, 0.1) is 0 Å². The zero-order chi connectivity index (χ0) is 41.7. The van der Waals surface area contributed by atoms with Crippen molar-refractivity contribution in [2.45, 2.75) is 101 Å². The molecule has 2 aromatic heterocycles. The van der Waals surface area contributed by atoms with Crippen LogP contribution in [-0.2, 0) is 19.7 Å². The molecule has 0 aliphatic heterocycles. The van der Waals surface area contributed by atoms with Crippen molar-refractivity contribution in [3.8, 4) is 30.6 Å². The summed E-state index contributed by atoms with van der Waals surface area (Å²) in [5.74, 6) is 0.0369. The topological polar surface area (TPSA) is 68.3 Å². The molecule has 0 unspecified atom stereocenters. The largest absolute Gasteiger partial charge is 0.224 e. The molecule has 0 N–H and O–H groups in total. The molecule has 6 aromatic carbocycles. The Morgan fingerprint density at radius 3 is 1.02 bits per heavy atom. The first-order valence-electron chi connectivity index (χ1n) is 21.8.